The van der Waals surface area contributed by atoms with Gasteiger partial charge >= 0.3 is 5.97 Å². The molecule has 6 heteroatoms. The molecule has 1 unspecified atom stereocenters. The van der Waals surface area contributed by atoms with Gasteiger partial charge in [0.2, 0.25) is 5.91 Å². The van der Waals surface area contributed by atoms with Gasteiger partial charge in [0.05, 0.1) is 12.1 Å². The fraction of sp³-hybridized carbons (Fsp3) is 0.833. The minimum absolute atomic E-state index is 0.0536. The zero-order chi connectivity index (χ0) is 12.9. The van der Waals surface area contributed by atoms with Crippen molar-refractivity contribution in [3.8, 4) is 0 Å². The van der Waals surface area contributed by atoms with Crippen LogP contribution in [0.15, 0.2) is 0 Å². The van der Waals surface area contributed by atoms with Crippen LogP contribution in [0.1, 0.15) is 25.7 Å². The first-order chi connectivity index (χ1) is 8.54. The zero-order valence-electron chi connectivity index (χ0n) is 10.1. The van der Waals surface area contributed by atoms with Crippen LogP contribution >= 0.6 is 0 Å². The van der Waals surface area contributed by atoms with E-state index in [0.717, 1.165) is 19.4 Å². The van der Waals surface area contributed by atoms with Gasteiger partial charge in [-0.05, 0) is 37.6 Å². The maximum Gasteiger partial charge on any atom is 0.329 e. The molecule has 2 aliphatic carbocycles. The highest BCUT2D eigenvalue weighted by Gasteiger charge is 2.67. The minimum atomic E-state index is -1.24. The van der Waals surface area contributed by atoms with E-state index in [2.05, 4.69) is 10.6 Å². The highest BCUT2D eigenvalue weighted by atomic mass is 16.4. The summed E-state index contributed by atoms with van der Waals surface area (Å²) in [5.41, 5.74) is -1.24. The third-order valence-corrected chi connectivity index (χ3v) is 4.60. The normalized spacial score (nSPS) is 45.6. The van der Waals surface area contributed by atoms with E-state index in [1.54, 1.807) is 0 Å². The number of aliphatic carboxylic acids is 1. The number of carboxylic acids is 1. The number of hydrogen-bond donors (Lipinski definition) is 4. The molecule has 4 N–H and O–H groups in total. The van der Waals surface area contributed by atoms with Crippen LogP contribution in [0.25, 0.3) is 0 Å². The monoisotopic (exact) mass is 254 g/mol. The Morgan fingerprint density at radius 2 is 2.17 bits per heavy atom. The summed E-state index contributed by atoms with van der Waals surface area (Å²) in [4.78, 5) is 23.6. The van der Waals surface area contributed by atoms with E-state index in [1.165, 1.54) is 0 Å². The number of aliphatic hydroxyl groups excluding tert-OH is 1. The molecule has 5 atom stereocenters. The van der Waals surface area contributed by atoms with Crippen LogP contribution in [0.4, 0.5) is 0 Å². The molecule has 0 aromatic carbocycles. The van der Waals surface area contributed by atoms with E-state index >= 15 is 0 Å². The molecule has 0 radical (unpaired) electrons. The Morgan fingerprint density at radius 1 is 1.39 bits per heavy atom. The van der Waals surface area contributed by atoms with Gasteiger partial charge in [0.15, 0.2) is 0 Å². The van der Waals surface area contributed by atoms with Gasteiger partial charge in [-0.15, -0.1) is 0 Å². The predicted molar refractivity (Wildman–Crippen MR) is 61.8 cm³/mol. The van der Waals surface area contributed by atoms with Crippen molar-refractivity contribution in [1.82, 2.24) is 10.6 Å². The van der Waals surface area contributed by atoms with E-state index in [9.17, 15) is 19.8 Å². The van der Waals surface area contributed by atoms with Gasteiger partial charge in [0.25, 0.3) is 0 Å². The Kier molecular flexibility index (Phi) is 2.60. The number of carbonyl (C=O) groups excluding carboxylic acids is 1. The first kappa shape index (κ1) is 11.9. The summed E-state index contributed by atoms with van der Waals surface area (Å²) in [5.74, 6) is -1.30. The number of carboxylic acid groups (broad SMARTS) is 1. The van der Waals surface area contributed by atoms with Crippen LogP contribution in [-0.2, 0) is 9.59 Å². The number of rotatable bonds is 3. The number of fused-ring (bicyclic) bond motifs is 1. The number of nitrogens with one attached hydrogen (secondary N) is 2. The lowest BCUT2D eigenvalue weighted by atomic mass is 9.92. The molecule has 1 heterocycles. The molecule has 6 nitrogen and oxygen atoms in total. The predicted octanol–water partition coefficient (Wildman–Crippen LogP) is -0.921. The molecule has 18 heavy (non-hydrogen) atoms. The zero-order valence-corrected chi connectivity index (χ0v) is 10.1. The Balaban J connectivity index is 1.75. The summed E-state index contributed by atoms with van der Waals surface area (Å²) in [7, 11) is 0. The van der Waals surface area contributed by atoms with E-state index in [-0.39, 0.29) is 30.2 Å². The first-order valence-corrected chi connectivity index (χ1v) is 6.51. The van der Waals surface area contributed by atoms with Crippen LogP contribution in [0.3, 0.4) is 0 Å². The molecule has 3 fully saturated rings. The second kappa shape index (κ2) is 3.93. The maximum absolute atomic E-state index is 12.1. The van der Waals surface area contributed by atoms with Crippen LogP contribution in [-0.4, -0.2) is 46.3 Å². The topological polar surface area (TPSA) is 98.7 Å². The van der Waals surface area contributed by atoms with Gasteiger partial charge in [-0.1, -0.05) is 0 Å². The van der Waals surface area contributed by atoms with Crippen molar-refractivity contribution in [2.45, 2.75) is 43.4 Å². The number of carbonyl (C=O) groups is 2. The summed E-state index contributed by atoms with van der Waals surface area (Å²) < 4.78 is 0. The van der Waals surface area contributed by atoms with Gasteiger partial charge in [0.1, 0.15) is 5.54 Å². The third kappa shape index (κ3) is 1.63. The average Bonchev–Trinajstić information content (AvgIpc) is 2.82. The van der Waals surface area contributed by atoms with Crippen molar-refractivity contribution in [3.05, 3.63) is 0 Å². The lowest BCUT2D eigenvalue weighted by Gasteiger charge is -2.29. The smallest absolute Gasteiger partial charge is 0.329 e. The van der Waals surface area contributed by atoms with Crippen molar-refractivity contribution in [2.75, 3.05) is 6.54 Å². The summed E-state index contributed by atoms with van der Waals surface area (Å²) in [6.07, 6.45) is 1.93. The number of amides is 1. The van der Waals surface area contributed by atoms with Gasteiger partial charge in [-0.25, -0.2) is 4.79 Å². The van der Waals surface area contributed by atoms with E-state index in [0.29, 0.717) is 6.42 Å². The first-order valence-electron chi connectivity index (χ1n) is 6.51. The molecule has 2 saturated carbocycles. The molecule has 0 aromatic rings. The maximum atomic E-state index is 12.1. The molecule has 0 bridgehead atoms. The van der Waals surface area contributed by atoms with Gasteiger partial charge in [-0.2, -0.15) is 0 Å². The molecule has 0 spiro atoms. The fourth-order valence-electron chi connectivity index (χ4n) is 3.50. The largest absolute Gasteiger partial charge is 0.479 e. The molecule has 3 aliphatic rings. The molecule has 1 amide bonds. The quantitative estimate of drug-likeness (QED) is 0.522. The highest BCUT2D eigenvalue weighted by Crippen LogP contribution is 2.57. The number of hydrogen-bond acceptors (Lipinski definition) is 4. The highest BCUT2D eigenvalue weighted by molar-refractivity contribution is 5.91. The molecular formula is C12H18N2O4. The van der Waals surface area contributed by atoms with Crippen LogP contribution in [0.5, 0.6) is 0 Å². The van der Waals surface area contributed by atoms with Gasteiger partial charge in [-0.3, -0.25) is 4.79 Å². The third-order valence-electron chi connectivity index (χ3n) is 4.60. The minimum Gasteiger partial charge on any atom is -0.479 e. The molecule has 1 aliphatic heterocycles. The fourth-order valence-corrected chi connectivity index (χ4v) is 3.50. The van der Waals surface area contributed by atoms with Crippen molar-refractivity contribution in [1.29, 1.82) is 0 Å². The van der Waals surface area contributed by atoms with Crippen LogP contribution in [0.2, 0.25) is 0 Å². The lowest BCUT2D eigenvalue weighted by Crippen LogP contribution is -2.59. The summed E-state index contributed by atoms with van der Waals surface area (Å²) in [5, 5.41) is 24.9. The van der Waals surface area contributed by atoms with E-state index in [1.807, 2.05) is 0 Å². The average molecular weight is 254 g/mol. The summed E-state index contributed by atoms with van der Waals surface area (Å²) >= 11 is 0. The second-order valence-electron chi connectivity index (χ2n) is 5.69. The van der Waals surface area contributed by atoms with Gasteiger partial charge < -0.3 is 20.8 Å². The molecule has 0 aromatic heterocycles. The Hall–Kier alpha value is -1.14. The molecule has 100 valence electrons. The Labute approximate surface area is 105 Å². The van der Waals surface area contributed by atoms with Crippen LogP contribution in [0, 0.1) is 11.8 Å². The van der Waals surface area contributed by atoms with Crippen molar-refractivity contribution < 1.29 is 19.8 Å². The van der Waals surface area contributed by atoms with Crippen LogP contribution < -0.4 is 10.6 Å². The van der Waals surface area contributed by atoms with Crippen molar-refractivity contribution in [2.24, 2.45) is 11.8 Å². The second-order valence-corrected chi connectivity index (χ2v) is 5.69. The Bertz CT molecular complexity index is 394. The number of aliphatic hydroxyl groups is 1. The van der Waals surface area contributed by atoms with Gasteiger partial charge in [0, 0.05) is 6.42 Å². The molecular weight excluding hydrogens is 236 g/mol. The molecule has 1 saturated heterocycles. The lowest BCUT2D eigenvalue weighted by molar-refractivity contribution is -0.149. The molecule has 3 rings (SSSR count). The van der Waals surface area contributed by atoms with Crippen molar-refractivity contribution in [3.63, 3.8) is 0 Å². The van der Waals surface area contributed by atoms with E-state index in [4.69, 9.17) is 0 Å². The standard InChI is InChI=1S/C12H18N2O4/c15-9-5-12(11(17)18,7-4-6(7)9)14-10(16)8-2-1-3-13-8/h6-9,13,15H,1-5H2,(H,14,16)(H,17,18)/t6-,7+,8?,9-,12-/m0/s1. The summed E-state index contributed by atoms with van der Waals surface area (Å²) in [6, 6.07) is -0.281. The van der Waals surface area contributed by atoms with Crippen molar-refractivity contribution >= 4 is 11.9 Å². The SMILES string of the molecule is O=C(N[C@@]1(C(=O)O)C[C@H](O)[C@H]2C[C@H]21)C1CCCN1. The Morgan fingerprint density at radius 3 is 2.61 bits per heavy atom. The van der Waals surface area contributed by atoms with E-state index < -0.39 is 17.6 Å². The summed E-state index contributed by atoms with van der Waals surface area (Å²) in [6.45, 7) is 0.798.